The number of amides is 1. The van der Waals surface area contributed by atoms with Crippen molar-refractivity contribution in [1.29, 1.82) is 0 Å². The Morgan fingerprint density at radius 2 is 2.04 bits per heavy atom. The number of anilines is 1. The van der Waals surface area contributed by atoms with E-state index in [9.17, 15) is 9.18 Å². The number of rotatable bonds is 4. The van der Waals surface area contributed by atoms with Gasteiger partial charge in [0.05, 0.1) is 24.1 Å². The number of aryl methyl sites for hydroxylation is 2. The Bertz CT molecular complexity index is 817. The second-order valence-corrected chi connectivity index (χ2v) is 5.19. The van der Waals surface area contributed by atoms with Crippen molar-refractivity contribution in [3.63, 3.8) is 0 Å². The SMILES string of the molecule is Cc1noc(C)c1Cn1cc(NC(=O)c2ccc(F)cc2)cn1. The zero-order valence-electron chi connectivity index (χ0n) is 12.7. The van der Waals surface area contributed by atoms with E-state index in [-0.39, 0.29) is 11.7 Å². The molecular weight excluding hydrogens is 299 g/mol. The summed E-state index contributed by atoms with van der Waals surface area (Å²) in [5.41, 5.74) is 2.72. The maximum atomic E-state index is 12.9. The predicted octanol–water partition coefficient (Wildman–Crippen LogP) is 2.93. The van der Waals surface area contributed by atoms with Crippen molar-refractivity contribution in [3.05, 3.63) is 65.1 Å². The highest BCUT2D eigenvalue weighted by atomic mass is 19.1. The van der Waals surface area contributed by atoms with Crippen molar-refractivity contribution in [2.24, 2.45) is 0 Å². The molecule has 1 N–H and O–H groups in total. The molecule has 0 spiro atoms. The predicted molar refractivity (Wildman–Crippen MR) is 81.7 cm³/mol. The van der Waals surface area contributed by atoms with E-state index in [4.69, 9.17) is 4.52 Å². The fraction of sp³-hybridized carbons (Fsp3) is 0.188. The highest BCUT2D eigenvalue weighted by molar-refractivity contribution is 6.04. The molecule has 0 saturated carbocycles. The van der Waals surface area contributed by atoms with E-state index >= 15 is 0 Å². The molecule has 1 amide bonds. The molecule has 0 radical (unpaired) electrons. The Morgan fingerprint density at radius 1 is 1.30 bits per heavy atom. The minimum atomic E-state index is -0.381. The van der Waals surface area contributed by atoms with Gasteiger partial charge in [-0.15, -0.1) is 0 Å². The molecule has 1 aromatic carbocycles. The lowest BCUT2D eigenvalue weighted by atomic mass is 10.2. The van der Waals surface area contributed by atoms with Crippen LogP contribution in [0.5, 0.6) is 0 Å². The highest BCUT2D eigenvalue weighted by Gasteiger charge is 2.11. The number of halogens is 1. The zero-order chi connectivity index (χ0) is 16.4. The molecule has 6 nitrogen and oxygen atoms in total. The van der Waals surface area contributed by atoms with Crippen LogP contribution in [0.1, 0.15) is 27.4 Å². The van der Waals surface area contributed by atoms with Crippen LogP contribution in [-0.2, 0) is 6.54 Å². The van der Waals surface area contributed by atoms with E-state index < -0.39 is 0 Å². The van der Waals surface area contributed by atoms with Crippen LogP contribution in [0.15, 0.2) is 41.2 Å². The largest absolute Gasteiger partial charge is 0.361 e. The third-order valence-electron chi connectivity index (χ3n) is 3.50. The number of hydrogen-bond acceptors (Lipinski definition) is 4. The fourth-order valence-corrected chi connectivity index (χ4v) is 2.21. The maximum Gasteiger partial charge on any atom is 0.255 e. The minimum absolute atomic E-state index is 0.318. The van der Waals surface area contributed by atoms with Crippen molar-refractivity contribution in [2.75, 3.05) is 5.32 Å². The molecule has 0 aliphatic heterocycles. The number of carbonyl (C=O) groups is 1. The molecule has 3 aromatic rings. The minimum Gasteiger partial charge on any atom is -0.361 e. The summed E-state index contributed by atoms with van der Waals surface area (Å²) in [6.45, 7) is 4.22. The Balaban J connectivity index is 1.70. The fourth-order valence-electron chi connectivity index (χ4n) is 2.21. The molecule has 0 bridgehead atoms. The molecule has 0 saturated heterocycles. The molecule has 2 aromatic heterocycles. The molecular formula is C16H15FN4O2. The summed E-state index contributed by atoms with van der Waals surface area (Å²) >= 11 is 0. The van der Waals surface area contributed by atoms with Gasteiger partial charge in [0, 0.05) is 17.3 Å². The average molecular weight is 314 g/mol. The first-order valence-electron chi connectivity index (χ1n) is 7.04. The normalized spacial score (nSPS) is 10.7. The molecule has 0 fully saturated rings. The van der Waals surface area contributed by atoms with Crippen molar-refractivity contribution in [3.8, 4) is 0 Å². The Hall–Kier alpha value is -2.96. The van der Waals surface area contributed by atoms with E-state index in [1.807, 2.05) is 13.8 Å². The summed E-state index contributed by atoms with van der Waals surface area (Å²) < 4.78 is 19.7. The monoisotopic (exact) mass is 314 g/mol. The number of carbonyl (C=O) groups excluding carboxylic acids is 1. The lowest BCUT2D eigenvalue weighted by Crippen LogP contribution is -2.11. The third kappa shape index (κ3) is 3.28. The van der Waals surface area contributed by atoms with Gasteiger partial charge in [-0.1, -0.05) is 5.16 Å². The van der Waals surface area contributed by atoms with Crippen LogP contribution >= 0.6 is 0 Å². The maximum absolute atomic E-state index is 12.9. The molecule has 0 aliphatic carbocycles. The van der Waals surface area contributed by atoms with Crippen molar-refractivity contribution < 1.29 is 13.7 Å². The second kappa shape index (κ2) is 6.04. The van der Waals surface area contributed by atoms with Crippen molar-refractivity contribution in [2.45, 2.75) is 20.4 Å². The smallest absolute Gasteiger partial charge is 0.255 e. The molecule has 7 heteroatoms. The van der Waals surface area contributed by atoms with E-state index in [0.717, 1.165) is 17.0 Å². The van der Waals surface area contributed by atoms with Gasteiger partial charge in [-0.25, -0.2) is 4.39 Å². The zero-order valence-corrected chi connectivity index (χ0v) is 12.7. The highest BCUT2D eigenvalue weighted by Crippen LogP contribution is 2.15. The van der Waals surface area contributed by atoms with Gasteiger partial charge in [-0.2, -0.15) is 5.10 Å². The van der Waals surface area contributed by atoms with Crippen LogP contribution < -0.4 is 5.32 Å². The molecule has 118 valence electrons. The van der Waals surface area contributed by atoms with Crippen LogP contribution in [0.2, 0.25) is 0 Å². The number of nitrogens with zero attached hydrogens (tertiary/aromatic N) is 3. The van der Waals surface area contributed by atoms with Gasteiger partial charge < -0.3 is 9.84 Å². The first kappa shape index (κ1) is 15.0. The van der Waals surface area contributed by atoms with Gasteiger partial charge in [0.25, 0.3) is 5.91 Å². The second-order valence-electron chi connectivity index (χ2n) is 5.19. The van der Waals surface area contributed by atoms with Crippen molar-refractivity contribution in [1.82, 2.24) is 14.9 Å². The van der Waals surface area contributed by atoms with E-state index in [2.05, 4.69) is 15.6 Å². The lowest BCUT2D eigenvalue weighted by Gasteiger charge is -2.02. The summed E-state index contributed by atoms with van der Waals surface area (Å²) in [6, 6.07) is 5.35. The molecule has 0 atom stereocenters. The number of hydrogen-bond donors (Lipinski definition) is 1. The molecule has 0 aliphatic rings. The Labute approximate surface area is 131 Å². The van der Waals surface area contributed by atoms with E-state index in [0.29, 0.717) is 17.8 Å². The summed E-state index contributed by atoms with van der Waals surface area (Å²) in [7, 11) is 0. The van der Waals surface area contributed by atoms with Gasteiger partial charge in [0.1, 0.15) is 11.6 Å². The van der Waals surface area contributed by atoms with Crippen molar-refractivity contribution >= 4 is 11.6 Å². The number of benzene rings is 1. The van der Waals surface area contributed by atoms with Crippen LogP contribution in [0, 0.1) is 19.7 Å². The number of aromatic nitrogens is 3. The molecule has 3 rings (SSSR count). The van der Waals surface area contributed by atoms with Gasteiger partial charge in [-0.05, 0) is 38.1 Å². The average Bonchev–Trinajstić information content (AvgIpc) is 3.09. The van der Waals surface area contributed by atoms with Gasteiger partial charge in [-0.3, -0.25) is 9.48 Å². The lowest BCUT2D eigenvalue weighted by molar-refractivity contribution is 0.102. The van der Waals surface area contributed by atoms with E-state index in [1.165, 1.54) is 24.3 Å². The molecule has 2 heterocycles. The van der Waals surface area contributed by atoms with Crippen LogP contribution in [0.25, 0.3) is 0 Å². The van der Waals surface area contributed by atoms with Gasteiger partial charge in [0.2, 0.25) is 0 Å². The third-order valence-corrected chi connectivity index (χ3v) is 3.50. The van der Waals surface area contributed by atoms with E-state index in [1.54, 1.807) is 17.1 Å². The van der Waals surface area contributed by atoms with Gasteiger partial charge >= 0.3 is 0 Å². The van der Waals surface area contributed by atoms with Gasteiger partial charge in [0.15, 0.2) is 0 Å². The summed E-state index contributed by atoms with van der Waals surface area (Å²) in [4.78, 5) is 12.1. The Morgan fingerprint density at radius 3 is 2.70 bits per heavy atom. The van der Waals surface area contributed by atoms with Crippen LogP contribution in [-0.4, -0.2) is 20.8 Å². The summed E-state index contributed by atoms with van der Waals surface area (Å²) in [5.74, 6) is 0.0469. The topological polar surface area (TPSA) is 73.0 Å². The molecule has 0 unspecified atom stereocenters. The standard InChI is InChI=1S/C16H15FN4O2/c1-10-15(11(2)23-20-10)9-21-8-14(7-18-21)19-16(22)12-3-5-13(17)6-4-12/h3-8H,9H2,1-2H3,(H,19,22). The van der Waals surface area contributed by atoms with Crippen LogP contribution in [0.3, 0.4) is 0 Å². The first-order chi connectivity index (χ1) is 11.0. The number of nitrogens with one attached hydrogen (secondary N) is 1. The van der Waals surface area contributed by atoms with Crippen LogP contribution in [0.4, 0.5) is 10.1 Å². The first-order valence-corrected chi connectivity index (χ1v) is 7.04. The summed E-state index contributed by atoms with van der Waals surface area (Å²) in [5, 5.41) is 10.8. The molecule has 23 heavy (non-hydrogen) atoms. The quantitative estimate of drug-likeness (QED) is 0.803. The Kier molecular flexibility index (Phi) is 3.92. The summed E-state index contributed by atoms with van der Waals surface area (Å²) in [6.07, 6.45) is 3.27.